The summed E-state index contributed by atoms with van der Waals surface area (Å²) in [6.45, 7) is 2.83. The molecule has 0 saturated heterocycles. The van der Waals surface area contributed by atoms with Gasteiger partial charge in [0.15, 0.2) is 11.6 Å². The van der Waals surface area contributed by atoms with Gasteiger partial charge in [-0.25, -0.2) is 4.39 Å². The molecule has 1 unspecified atom stereocenters. The number of benzene rings is 1. The average Bonchev–Trinajstić information content (AvgIpc) is 2.25. The number of rotatable bonds is 6. The SMILES string of the molecule is COCCCOc1c(F)cccc1C(C)N. The van der Waals surface area contributed by atoms with E-state index in [1.54, 1.807) is 26.2 Å². The van der Waals surface area contributed by atoms with Gasteiger partial charge in [0.1, 0.15) is 0 Å². The van der Waals surface area contributed by atoms with Crippen molar-refractivity contribution in [2.24, 2.45) is 5.73 Å². The van der Waals surface area contributed by atoms with Gasteiger partial charge in [-0.2, -0.15) is 0 Å². The van der Waals surface area contributed by atoms with Gasteiger partial charge < -0.3 is 15.2 Å². The van der Waals surface area contributed by atoms with Crippen LogP contribution < -0.4 is 10.5 Å². The predicted octanol–water partition coefficient (Wildman–Crippen LogP) is 2.26. The Morgan fingerprint density at radius 3 is 2.75 bits per heavy atom. The van der Waals surface area contributed by atoms with Crippen molar-refractivity contribution in [3.05, 3.63) is 29.6 Å². The zero-order valence-corrected chi connectivity index (χ0v) is 9.70. The van der Waals surface area contributed by atoms with E-state index in [1.165, 1.54) is 6.07 Å². The monoisotopic (exact) mass is 227 g/mol. The molecular formula is C12H18FNO2. The molecule has 1 aromatic rings. The lowest BCUT2D eigenvalue weighted by Crippen LogP contribution is -2.10. The van der Waals surface area contributed by atoms with E-state index < -0.39 is 0 Å². The summed E-state index contributed by atoms with van der Waals surface area (Å²) in [7, 11) is 1.62. The highest BCUT2D eigenvalue weighted by atomic mass is 19.1. The summed E-state index contributed by atoms with van der Waals surface area (Å²) in [5.74, 6) is -0.110. The molecular weight excluding hydrogens is 209 g/mol. The largest absolute Gasteiger partial charge is 0.490 e. The lowest BCUT2D eigenvalue weighted by Gasteiger charge is -2.14. The molecule has 0 aliphatic rings. The number of ether oxygens (including phenoxy) is 2. The second-order valence-corrected chi connectivity index (χ2v) is 3.64. The van der Waals surface area contributed by atoms with Gasteiger partial charge in [-0.1, -0.05) is 12.1 Å². The van der Waals surface area contributed by atoms with Crippen molar-refractivity contribution in [2.45, 2.75) is 19.4 Å². The van der Waals surface area contributed by atoms with Gasteiger partial charge in [0.2, 0.25) is 0 Å². The van der Waals surface area contributed by atoms with Crippen molar-refractivity contribution < 1.29 is 13.9 Å². The van der Waals surface area contributed by atoms with Crippen LogP contribution in [-0.4, -0.2) is 20.3 Å². The van der Waals surface area contributed by atoms with Crippen molar-refractivity contribution in [1.82, 2.24) is 0 Å². The van der Waals surface area contributed by atoms with Crippen LogP contribution in [0.4, 0.5) is 4.39 Å². The molecule has 0 aromatic heterocycles. The first-order chi connectivity index (χ1) is 7.66. The van der Waals surface area contributed by atoms with Gasteiger partial charge >= 0.3 is 0 Å². The van der Waals surface area contributed by atoms with E-state index in [9.17, 15) is 4.39 Å². The van der Waals surface area contributed by atoms with Crippen LogP contribution in [0.3, 0.4) is 0 Å². The minimum absolute atomic E-state index is 0.242. The summed E-state index contributed by atoms with van der Waals surface area (Å²) < 4.78 is 23.8. The van der Waals surface area contributed by atoms with Crippen LogP contribution in [0.15, 0.2) is 18.2 Å². The van der Waals surface area contributed by atoms with E-state index in [1.807, 2.05) is 0 Å². The first-order valence-electron chi connectivity index (χ1n) is 5.32. The zero-order valence-electron chi connectivity index (χ0n) is 9.70. The molecule has 0 aliphatic carbocycles. The lowest BCUT2D eigenvalue weighted by molar-refractivity contribution is 0.170. The third kappa shape index (κ3) is 3.47. The van der Waals surface area contributed by atoms with E-state index in [-0.39, 0.29) is 17.6 Å². The van der Waals surface area contributed by atoms with Crippen molar-refractivity contribution in [2.75, 3.05) is 20.3 Å². The molecule has 1 aromatic carbocycles. The topological polar surface area (TPSA) is 44.5 Å². The van der Waals surface area contributed by atoms with Gasteiger partial charge in [0, 0.05) is 31.7 Å². The average molecular weight is 227 g/mol. The third-order valence-electron chi connectivity index (χ3n) is 2.23. The standard InChI is InChI=1S/C12H18FNO2/c1-9(14)10-5-3-6-11(13)12(10)16-8-4-7-15-2/h3,5-6,9H,4,7-8,14H2,1-2H3. The Morgan fingerprint density at radius 2 is 2.12 bits per heavy atom. The smallest absolute Gasteiger partial charge is 0.165 e. The highest BCUT2D eigenvalue weighted by Gasteiger charge is 2.12. The van der Waals surface area contributed by atoms with Gasteiger partial charge in [-0.15, -0.1) is 0 Å². The summed E-state index contributed by atoms with van der Waals surface area (Å²) in [6.07, 6.45) is 0.725. The Bertz CT molecular complexity index is 329. The molecule has 0 heterocycles. The minimum atomic E-state index is -0.368. The second-order valence-electron chi connectivity index (χ2n) is 3.64. The number of halogens is 1. The molecule has 1 atom stereocenters. The Kier molecular flexibility index (Phi) is 5.22. The number of methoxy groups -OCH3 is 1. The molecule has 3 nitrogen and oxygen atoms in total. The molecule has 2 N–H and O–H groups in total. The molecule has 0 spiro atoms. The maximum absolute atomic E-state index is 13.5. The fourth-order valence-electron chi connectivity index (χ4n) is 1.41. The predicted molar refractivity (Wildman–Crippen MR) is 61.0 cm³/mol. The van der Waals surface area contributed by atoms with Gasteiger partial charge in [-0.05, 0) is 13.0 Å². The molecule has 1 rings (SSSR count). The number of hydrogen-bond donors (Lipinski definition) is 1. The fraction of sp³-hybridized carbons (Fsp3) is 0.500. The first kappa shape index (κ1) is 12.9. The molecule has 0 aliphatic heterocycles. The molecule has 0 bridgehead atoms. The van der Waals surface area contributed by atoms with Gasteiger partial charge in [0.05, 0.1) is 6.61 Å². The molecule has 0 saturated carbocycles. The molecule has 0 radical (unpaired) electrons. The van der Waals surface area contributed by atoms with E-state index in [2.05, 4.69) is 0 Å². The Labute approximate surface area is 95.4 Å². The summed E-state index contributed by atoms with van der Waals surface area (Å²) in [6, 6.07) is 4.54. The second kappa shape index (κ2) is 6.45. The molecule has 90 valence electrons. The Morgan fingerprint density at radius 1 is 1.38 bits per heavy atom. The highest BCUT2D eigenvalue weighted by molar-refractivity contribution is 5.36. The van der Waals surface area contributed by atoms with Crippen LogP contribution in [0.5, 0.6) is 5.75 Å². The van der Waals surface area contributed by atoms with E-state index in [4.69, 9.17) is 15.2 Å². The number of para-hydroxylation sites is 1. The Balaban J connectivity index is 2.69. The normalized spacial score (nSPS) is 12.5. The van der Waals surface area contributed by atoms with Crippen LogP contribution in [0.2, 0.25) is 0 Å². The van der Waals surface area contributed by atoms with Crippen LogP contribution >= 0.6 is 0 Å². The summed E-state index contributed by atoms with van der Waals surface area (Å²) in [5, 5.41) is 0. The van der Waals surface area contributed by atoms with Gasteiger partial charge in [0.25, 0.3) is 0 Å². The fourth-order valence-corrected chi connectivity index (χ4v) is 1.41. The van der Waals surface area contributed by atoms with Crippen LogP contribution in [0.25, 0.3) is 0 Å². The first-order valence-corrected chi connectivity index (χ1v) is 5.32. The van der Waals surface area contributed by atoms with Crippen molar-refractivity contribution in [3.63, 3.8) is 0 Å². The third-order valence-corrected chi connectivity index (χ3v) is 2.23. The van der Waals surface area contributed by atoms with Gasteiger partial charge in [-0.3, -0.25) is 0 Å². The number of hydrogen-bond acceptors (Lipinski definition) is 3. The maximum atomic E-state index is 13.5. The zero-order chi connectivity index (χ0) is 12.0. The maximum Gasteiger partial charge on any atom is 0.165 e. The van der Waals surface area contributed by atoms with Crippen LogP contribution in [-0.2, 0) is 4.74 Å². The Hall–Kier alpha value is -1.13. The molecule has 16 heavy (non-hydrogen) atoms. The van der Waals surface area contributed by atoms with Crippen molar-refractivity contribution in [3.8, 4) is 5.75 Å². The molecule has 0 fully saturated rings. The van der Waals surface area contributed by atoms with Crippen molar-refractivity contribution in [1.29, 1.82) is 0 Å². The quantitative estimate of drug-likeness (QED) is 0.758. The van der Waals surface area contributed by atoms with E-state index in [0.29, 0.717) is 18.8 Å². The van der Waals surface area contributed by atoms with Crippen molar-refractivity contribution >= 4 is 0 Å². The van der Waals surface area contributed by atoms with E-state index in [0.717, 1.165) is 6.42 Å². The molecule has 4 heteroatoms. The highest BCUT2D eigenvalue weighted by Crippen LogP contribution is 2.26. The summed E-state index contributed by atoms with van der Waals surface area (Å²) in [4.78, 5) is 0. The summed E-state index contributed by atoms with van der Waals surface area (Å²) >= 11 is 0. The van der Waals surface area contributed by atoms with E-state index >= 15 is 0 Å². The van der Waals surface area contributed by atoms with Crippen LogP contribution in [0, 0.1) is 5.82 Å². The van der Waals surface area contributed by atoms with Crippen LogP contribution in [0.1, 0.15) is 24.9 Å². The number of nitrogens with two attached hydrogens (primary N) is 1. The minimum Gasteiger partial charge on any atom is -0.490 e. The summed E-state index contributed by atoms with van der Waals surface area (Å²) in [5.41, 5.74) is 6.43. The lowest BCUT2D eigenvalue weighted by atomic mass is 10.1. The molecule has 0 amide bonds.